The van der Waals surface area contributed by atoms with E-state index in [1.54, 1.807) is 0 Å². The van der Waals surface area contributed by atoms with Crippen LogP contribution in [0.25, 0.3) is 11.1 Å². The van der Waals surface area contributed by atoms with Crippen molar-refractivity contribution in [1.29, 1.82) is 0 Å². The average Bonchev–Trinajstić information content (AvgIpc) is 2.68. The van der Waals surface area contributed by atoms with Gasteiger partial charge in [0.15, 0.2) is 0 Å². The van der Waals surface area contributed by atoms with Crippen molar-refractivity contribution < 1.29 is 0 Å². The lowest BCUT2D eigenvalue weighted by Gasteiger charge is -2.23. The molecular weight excluding hydrogens is 410 g/mol. The molecule has 2 nitrogen and oxygen atoms in total. The minimum Gasteiger partial charge on any atom is -0.369 e. The van der Waals surface area contributed by atoms with E-state index in [-0.39, 0.29) is 0 Å². The fourth-order valence-corrected chi connectivity index (χ4v) is 3.69. The lowest BCUT2D eigenvalue weighted by atomic mass is 10.0. The van der Waals surface area contributed by atoms with E-state index in [0.717, 1.165) is 37.6 Å². The summed E-state index contributed by atoms with van der Waals surface area (Å²) < 4.78 is 0. The zero-order valence-electron chi connectivity index (χ0n) is 14.7. The standard InChI is InChI=1S/C20H24Cl4N2/c21-9-13-25(14-10-22)19-5-1-17(2-6-19)18-3-7-20(8-4-18)26(15-11-23)16-12-24/h1-8H,9-16H2. The maximum absolute atomic E-state index is 5.89. The second kappa shape index (κ2) is 11.8. The van der Waals surface area contributed by atoms with Crippen LogP contribution in [0, 0.1) is 0 Å². The van der Waals surface area contributed by atoms with Crippen LogP contribution in [-0.2, 0) is 0 Å². The molecule has 26 heavy (non-hydrogen) atoms. The lowest BCUT2D eigenvalue weighted by Crippen LogP contribution is -2.27. The van der Waals surface area contributed by atoms with E-state index in [2.05, 4.69) is 58.3 Å². The van der Waals surface area contributed by atoms with Gasteiger partial charge in [-0.15, -0.1) is 46.4 Å². The molecule has 2 aromatic rings. The van der Waals surface area contributed by atoms with Crippen LogP contribution in [0.4, 0.5) is 11.4 Å². The van der Waals surface area contributed by atoms with Crippen LogP contribution in [0.15, 0.2) is 48.5 Å². The monoisotopic (exact) mass is 432 g/mol. The largest absolute Gasteiger partial charge is 0.369 e. The fourth-order valence-electron chi connectivity index (χ4n) is 2.88. The number of halogens is 4. The summed E-state index contributed by atoms with van der Waals surface area (Å²) in [4.78, 5) is 4.39. The van der Waals surface area contributed by atoms with Crippen LogP contribution in [-0.4, -0.2) is 49.7 Å². The molecule has 0 aliphatic heterocycles. The first kappa shape index (κ1) is 21.5. The molecular formula is C20H24Cl4N2. The first-order valence-corrected chi connectivity index (χ1v) is 10.8. The van der Waals surface area contributed by atoms with Crippen LogP contribution < -0.4 is 9.80 Å². The van der Waals surface area contributed by atoms with Crippen molar-refractivity contribution in [2.75, 3.05) is 59.5 Å². The van der Waals surface area contributed by atoms with E-state index < -0.39 is 0 Å². The quantitative estimate of drug-likeness (QED) is 0.405. The van der Waals surface area contributed by atoms with Gasteiger partial charge in [0.1, 0.15) is 0 Å². The molecule has 0 spiro atoms. The molecule has 0 saturated carbocycles. The number of alkyl halides is 4. The summed E-state index contributed by atoms with van der Waals surface area (Å²) >= 11 is 23.6. The first-order chi connectivity index (χ1) is 12.7. The van der Waals surface area contributed by atoms with E-state index >= 15 is 0 Å². The number of hydrogen-bond donors (Lipinski definition) is 0. The maximum Gasteiger partial charge on any atom is 0.0399 e. The van der Waals surface area contributed by atoms with Gasteiger partial charge >= 0.3 is 0 Å². The Kier molecular flexibility index (Phi) is 9.77. The average molecular weight is 434 g/mol. The summed E-state index contributed by atoms with van der Waals surface area (Å²) in [6, 6.07) is 17.0. The Morgan fingerprint density at radius 3 is 0.962 bits per heavy atom. The van der Waals surface area contributed by atoms with Crippen LogP contribution in [0.5, 0.6) is 0 Å². The fraction of sp³-hybridized carbons (Fsp3) is 0.400. The van der Waals surface area contributed by atoms with Gasteiger partial charge in [-0.05, 0) is 35.4 Å². The van der Waals surface area contributed by atoms with Crippen molar-refractivity contribution in [1.82, 2.24) is 0 Å². The van der Waals surface area contributed by atoms with Crippen LogP contribution in [0.2, 0.25) is 0 Å². The van der Waals surface area contributed by atoms with Crippen molar-refractivity contribution >= 4 is 57.8 Å². The Balaban J connectivity index is 2.13. The molecule has 0 aliphatic carbocycles. The Morgan fingerprint density at radius 2 is 0.731 bits per heavy atom. The van der Waals surface area contributed by atoms with Gasteiger partial charge in [-0.2, -0.15) is 0 Å². The number of nitrogens with zero attached hydrogens (tertiary/aromatic N) is 2. The molecule has 6 heteroatoms. The summed E-state index contributed by atoms with van der Waals surface area (Å²) in [6.45, 7) is 3.16. The van der Waals surface area contributed by atoms with Crippen molar-refractivity contribution in [2.45, 2.75) is 0 Å². The summed E-state index contributed by atoms with van der Waals surface area (Å²) in [5.74, 6) is 2.34. The smallest absolute Gasteiger partial charge is 0.0399 e. The predicted molar refractivity (Wildman–Crippen MR) is 119 cm³/mol. The highest BCUT2D eigenvalue weighted by Crippen LogP contribution is 2.26. The number of hydrogen-bond acceptors (Lipinski definition) is 2. The Morgan fingerprint density at radius 1 is 0.462 bits per heavy atom. The Bertz CT molecular complexity index is 562. The SMILES string of the molecule is ClCCN(CCCl)c1ccc(-c2ccc(N(CCCl)CCCl)cc2)cc1. The molecule has 0 N–H and O–H groups in total. The number of benzene rings is 2. The third kappa shape index (κ3) is 6.13. The maximum atomic E-state index is 5.89. The molecule has 2 rings (SSSR count). The molecule has 0 unspecified atom stereocenters. The van der Waals surface area contributed by atoms with E-state index in [1.165, 1.54) is 11.1 Å². The lowest BCUT2D eigenvalue weighted by molar-refractivity contribution is 0.874. The third-order valence-electron chi connectivity index (χ3n) is 4.22. The normalized spacial score (nSPS) is 10.8. The topological polar surface area (TPSA) is 6.48 Å². The van der Waals surface area contributed by atoms with Crippen LogP contribution in [0.1, 0.15) is 0 Å². The van der Waals surface area contributed by atoms with Crippen molar-refractivity contribution in [2.24, 2.45) is 0 Å². The third-order valence-corrected chi connectivity index (χ3v) is 4.89. The van der Waals surface area contributed by atoms with Gasteiger partial charge in [0.05, 0.1) is 0 Å². The Labute approximate surface area is 176 Å². The van der Waals surface area contributed by atoms with Gasteiger partial charge in [0, 0.05) is 61.1 Å². The summed E-state index contributed by atoms with van der Waals surface area (Å²) in [6.07, 6.45) is 0. The highest BCUT2D eigenvalue weighted by atomic mass is 35.5. The van der Waals surface area contributed by atoms with E-state index in [9.17, 15) is 0 Å². The van der Waals surface area contributed by atoms with E-state index in [4.69, 9.17) is 46.4 Å². The molecule has 0 aromatic heterocycles. The van der Waals surface area contributed by atoms with E-state index in [1.807, 2.05) is 0 Å². The number of anilines is 2. The van der Waals surface area contributed by atoms with Crippen molar-refractivity contribution in [3.63, 3.8) is 0 Å². The summed E-state index contributed by atoms with van der Waals surface area (Å²) in [5.41, 5.74) is 4.64. The van der Waals surface area contributed by atoms with Crippen LogP contribution >= 0.6 is 46.4 Å². The van der Waals surface area contributed by atoms with Gasteiger partial charge in [0.2, 0.25) is 0 Å². The van der Waals surface area contributed by atoms with Gasteiger partial charge in [-0.3, -0.25) is 0 Å². The minimum atomic E-state index is 0.585. The van der Waals surface area contributed by atoms with Crippen molar-refractivity contribution in [3.05, 3.63) is 48.5 Å². The molecule has 0 heterocycles. The molecule has 142 valence electrons. The van der Waals surface area contributed by atoms with Gasteiger partial charge in [0.25, 0.3) is 0 Å². The summed E-state index contributed by atoms with van der Waals surface area (Å²) in [7, 11) is 0. The van der Waals surface area contributed by atoms with Crippen molar-refractivity contribution in [3.8, 4) is 11.1 Å². The first-order valence-electron chi connectivity index (χ1n) is 8.67. The molecule has 2 aromatic carbocycles. The van der Waals surface area contributed by atoms with Gasteiger partial charge < -0.3 is 9.80 Å². The second-order valence-corrected chi connectivity index (χ2v) is 7.34. The molecule has 0 bridgehead atoms. The Hall–Kier alpha value is -0.800. The van der Waals surface area contributed by atoms with E-state index in [0.29, 0.717) is 23.5 Å². The molecule has 0 amide bonds. The van der Waals surface area contributed by atoms with Crippen LogP contribution in [0.3, 0.4) is 0 Å². The molecule has 0 atom stereocenters. The zero-order chi connectivity index (χ0) is 18.8. The second-order valence-electron chi connectivity index (χ2n) is 5.82. The molecule has 0 aliphatic rings. The predicted octanol–water partition coefficient (Wildman–Crippen LogP) is 5.92. The zero-order valence-corrected chi connectivity index (χ0v) is 17.7. The summed E-state index contributed by atoms with van der Waals surface area (Å²) in [5, 5.41) is 0. The molecule has 0 saturated heterocycles. The molecule has 0 radical (unpaired) electrons. The molecule has 0 fully saturated rings. The minimum absolute atomic E-state index is 0.585. The highest BCUT2D eigenvalue weighted by molar-refractivity contribution is 6.19. The van der Waals surface area contributed by atoms with Gasteiger partial charge in [-0.25, -0.2) is 0 Å². The number of rotatable bonds is 11. The van der Waals surface area contributed by atoms with Gasteiger partial charge in [-0.1, -0.05) is 24.3 Å². The highest BCUT2D eigenvalue weighted by Gasteiger charge is 2.08.